The van der Waals surface area contributed by atoms with Gasteiger partial charge < -0.3 is 0 Å². The third kappa shape index (κ3) is 3.14. The molecule has 110 valence electrons. The van der Waals surface area contributed by atoms with E-state index < -0.39 is 0 Å². The first-order valence-electron chi connectivity index (χ1n) is 7.44. The van der Waals surface area contributed by atoms with Crippen molar-refractivity contribution in [3.8, 4) is 22.8 Å². The molecule has 0 saturated heterocycles. The molecular formula is C19H19N3. The van der Waals surface area contributed by atoms with Gasteiger partial charge in [0.05, 0.1) is 0 Å². The van der Waals surface area contributed by atoms with Crippen molar-refractivity contribution in [3.05, 3.63) is 72.8 Å². The van der Waals surface area contributed by atoms with Crippen LogP contribution < -0.4 is 0 Å². The Kier molecular flexibility index (Phi) is 4.15. The van der Waals surface area contributed by atoms with Crippen LogP contribution in [0.25, 0.3) is 22.8 Å². The van der Waals surface area contributed by atoms with E-state index in [0.717, 1.165) is 41.3 Å². The largest absolute Gasteiger partial charge is 0.245 e. The van der Waals surface area contributed by atoms with Gasteiger partial charge >= 0.3 is 0 Å². The highest BCUT2D eigenvalue weighted by Crippen LogP contribution is 2.22. The zero-order chi connectivity index (χ0) is 15.4. The molecule has 0 atom stereocenters. The summed E-state index contributed by atoms with van der Waals surface area (Å²) in [7, 11) is 0. The summed E-state index contributed by atoms with van der Waals surface area (Å²) in [5, 5.41) is 4.69. The van der Waals surface area contributed by atoms with Gasteiger partial charge in [-0.2, -0.15) is 5.10 Å². The highest BCUT2D eigenvalue weighted by atomic mass is 15.3. The zero-order valence-electron chi connectivity index (χ0n) is 12.7. The van der Waals surface area contributed by atoms with E-state index in [1.807, 2.05) is 60.1 Å². The van der Waals surface area contributed by atoms with E-state index in [4.69, 9.17) is 10.1 Å². The number of aromatic nitrogens is 3. The van der Waals surface area contributed by atoms with Crippen LogP contribution in [0.1, 0.15) is 13.3 Å². The Morgan fingerprint density at radius 3 is 2.14 bits per heavy atom. The quantitative estimate of drug-likeness (QED) is 0.644. The lowest BCUT2D eigenvalue weighted by Gasteiger charge is -2.05. The van der Waals surface area contributed by atoms with Crippen molar-refractivity contribution >= 4 is 0 Å². The number of rotatable bonds is 5. The Morgan fingerprint density at radius 2 is 1.55 bits per heavy atom. The van der Waals surface area contributed by atoms with Crippen LogP contribution >= 0.6 is 0 Å². The molecule has 3 aromatic rings. The first-order valence-corrected chi connectivity index (χ1v) is 7.44. The minimum atomic E-state index is 0.765. The van der Waals surface area contributed by atoms with Gasteiger partial charge in [-0.15, -0.1) is 6.58 Å². The number of hydrogen-bond acceptors (Lipinski definition) is 2. The minimum Gasteiger partial charge on any atom is -0.245 e. The molecule has 0 unspecified atom stereocenters. The number of aryl methyl sites for hydroxylation is 1. The molecule has 0 aliphatic rings. The van der Waals surface area contributed by atoms with Gasteiger partial charge in [0.15, 0.2) is 11.6 Å². The molecule has 3 nitrogen and oxygen atoms in total. The molecule has 22 heavy (non-hydrogen) atoms. The molecule has 0 spiro atoms. The third-order valence-corrected chi connectivity index (χ3v) is 3.49. The summed E-state index contributed by atoms with van der Waals surface area (Å²) in [4.78, 5) is 4.75. The highest BCUT2D eigenvalue weighted by Gasteiger charge is 2.12. The van der Waals surface area contributed by atoms with E-state index in [9.17, 15) is 0 Å². The average molecular weight is 289 g/mol. The van der Waals surface area contributed by atoms with Crippen molar-refractivity contribution in [2.24, 2.45) is 0 Å². The van der Waals surface area contributed by atoms with Crippen molar-refractivity contribution in [2.45, 2.75) is 19.9 Å². The maximum absolute atomic E-state index is 4.75. The molecule has 0 fully saturated rings. The molecule has 1 aromatic heterocycles. The zero-order valence-corrected chi connectivity index (χ0v) is 12.7. The maximum atomic E-state index is 4.75. The second-order valence-corrected chi connectivity index (χ2v) is 5.42. The second-order valence-electron chi connectivity index (χ2n) is 5.42. The van der Waals surface area contributed by atoms with Gasteiger partial charge in [-0.25, -0.2) is 9.67 Å². The van der Waals surface area contributed by atoms with Crippen LogP contribution in [0.5, 0.6) is 0 Å². The van der Waals surface area contributed by atoms with E-state index in [1.54, 1.807) is 0 Å². The topological polar surface area (TPSA) is 30.7 Å². The van der Waals surface area contributed by atoms with Crippen LogP contribution in [0.3, 0.4) is 0 Å². The summed E-state index contributed by atoms with van der Waals surface area (Å²) in [6.45, 7) is 6.81. The summed E-state index contributed by atoms with van der Waals surface area (Å²) < 4.78 is 1.98. The highest BCUT2D eigenvalue weighted by molar-refractivity contribution is 5.61. The van der Waals surface area contributed by atoms with Gasteiger partial charge in [-0.3, -0.25) is 0 Å². The molecule has 0 aliphatic heterocycles. The second kappa shape index (κ2) is 6.39. The Bertz CT molecular complexity index is 758. The van der Waals surface area contributed by atoms with Gasteiger partial charge in [-0.05, 0) is 13.3 Å². The lowest BCUT2D eigenvalue weighted by Crippen LogP contribution is -2.03. The van der Waals surface area contributed by atoms with Crippen LogP contribution in [0.2, 0.25) is 0 Å². The van der Waals surface area contributed by atoms with E-state index in [2.05, 4.69) is 18.7 Å². The Balaban J connectivity index is 2.03. The van der Waals surface area contributed by atoms with E-state index in [0.29, 0.717) is 0 Å². The molecule has 0 aliphatic carbocycles. The number of benzene rings is 2. The molecule has 0 bridgehead atoms. The lowest BCUT2D eigenvalue weighted by atomic mass is 10.2. The fourth-order valence-electron chi connectivity index (χ4n) is 2.31. The molecule has 0 amide bonds. The Labute approximate surface area is 131 Å². The standard InChI is InChI=1S/C19H19N3/c1-15(2)13-14-22-19(17-11-7-4-8-12-17)20-18(21-22)16-9-5-3-6-10-16/h3-12H,1,13-14H2,2H3. The molecule has 3 rings (SSSR count). The lowest BCUT2D eigenvalue weighted by molar-refractivity contribution is 0.620. The molecule has 0 saturated carbocycles. The normalized spacial score (nSPS) is 10.6. The van der Waals surface area contributed by atoms with Gasteiger partial charge in [0, 0.05) is 17.7 Å². The molecule has 0 radical (unpaired) electrons. The SMILES string of the molecule is C=C(C)CCn1nc(-c2ccccc2)nc1-c1ccccc1. The molecule has 0 N–H and O–H groups in total. The van der Waals surface area contributed by atoms with Crippen LogP contribution in [-0.4, -0.2) is 14.8 Å². The summed E-state index contributed by atoms with van der Waals surface area (Å²) in [6, 6.07) is 20.3. The Hall–Kier alpha value is -2.68. The monoisotopic (exact) mass is 289 g/mol. The fraction of sp³-hybridized carbons (Fsp3) is 0.158. The molecule has 3 heteroatoms. The maximum Gasteiger partial charge on any atom is 0.181 e. The number of allylic oxidation sites excluding steroid dienone is 1. The first-order chi connectivity index (χ1) is 10.7. The summed E-state index contributed by atoms with van der Waals surface area (Å²) >= 11 is 0. The summed E-state index contributed by atoms with van der Waals surface area (Å²) in [5.74, 6) is 1.67. The summed E-state index contributed by atoms with van der Waals surface area (Å²) in [6.07, 6.45) is 0.900. The van der Waals surface area contributed by atoms with Crippen molar-refractivity contribution in [1.29, 1.82) is 0 Å². The van der Waals surface area contributed by atoms with Crippen molar-refractivity contribution < 1.29 is 0 Å². The molecular weight excluding hydrogens is 270 g/mol. The summed E-state index contributed by atoms with van der Waals surface area (Å²) in [5.41, 5.74) is 3.27. The molecule has 1 heterocycles. The predicted molar refractivity (Wildman–Crippen MR) is 90.3 cm³/mol. The van der Waals surface area contributed by atoms with E-state index >= 15 is 0 Å². The van der Waals surface area contributed by atoms with Crippen LogP contribution in [0, 0.1) is 0 Å². The van der Waals surface area contributed by atoms with Crippen molar-refractivity contribution in [2.75, 3.05) is 0 Å². The fourth-order valence-corrected chi connectivity index (χ4v) is 2.31. The predicted octanol–water partition coefficient (Wildman–Crippen LogP) is 4.58. The van der Waals surface area contributed by atoms with Crippen molar-refractivity contribution in [1.82, 2.24) is 14.8 Å². The van der Waals surface area contributed by atoms with Crippen LogP contribution in [0.15, 0.2) is 72.8 Å². The van der Waals surface area contributed by atoms with Gasteiger partial charge in [0.25, 0.3) is 0 Å². The Morgan fingerprint density at radius 1 is 0.955 bits per heavy atom. The number of nitrogens with zero attached hydrogens (tertiary/aromatic N) is 3. The van der Waals surface area contributed by atoms with Crippen LogP contribution in [-0.2, 0) is 6.54 Å². The minimum absolute atomic E-state index is 0.765. The van der Waals surface area contributed by atoms with E-state index in [1.165, 1.54) is 0 Å². The first kappa shape index (κ1) is 14.3. The van der Waals surface area contributed by atoms with Crippen molar-refractivity contribution in [3.63, 3.8) is 0 Å². The number of hydrogen-bond donors (Lipinski definition) is 0. The third-order valence-electron chi connectivity index (χ3n) is 3.49. The van der Waals surface area contributed by atoms with Gasteiger partial charge in [0.2, 0.25) is 0 Å². The average Bonchev–Trinajstić information content (AvgIpc) is 2.99. The van der Waals surface area contributed by atoms with Gasteiger partial charge in [-0.1, -0.05) is 66.2 Å². The smallest absolute Gasteiger partial charge is 0.181 e. The van der Waals surface area contributed by atoms with Gasteiger partial charge in [0.1, 0.15) is 0 Å². The molecule has 2 aromatic carbocycles. The van der Waals surface area contributed by atoms with E-state index in [-0.39, 0.29) is 0 Å². The van der Waals surface area contributed by atoms with Crippen LogP contribution in [0.4, 0.5) is 0 Å².